The number of hydrogen-bond donors (Lipinski definition) is 0. The molecule has 3 rings (SSSR count). The highest BCUT2D eigenvalue weighted by molar-refractivity contribution is 5.83. The summed E-state index contributed by atoms with van der Waals surface area (Å²) in [5.74, 6) is 2.59. The van der Waals surface area contributed by atoms with Crippen molar-refractivity contribution < 1.29 is 18.9 Å². The third-order valence-corrected chi connectivity index (χ3v) is 4.24. The van der Waals surface area contributed by atoms with E-state index in [-0.39, 0.29) is 5.56 Å². The van der Waals surface area contributed by atoms with Gasteiger partial charge in [0.25, 0.3) is 5.56 Å². The van der Waals surface area contributed by atoms with Gasteiger partial charge in [0.1, 0.15) is 5.82 Å². The molecule has 0 saturated carbocycles. The molecule has 0 bridgehead atoms. The van der Waals surface area contributed by atoms with Crippen molar-refractivity contribution in [2.24, 2.45) is 5.10 Å². The predicted octanol–water partition coefficient (Wildman–Crippen LogP) is 2.62. The molecule has 1 heterocycles. The fraction of sp³-hybridized carbons (Fsp3) is 0.250. The molecule has 0 amide bonds. The first-order valence-electron chi connectivity index (χ1n) is 8.44. The number of benzene rings is 2. The SMILES string of the molecule is COc1ccc(C=Nn2c(C)nc3cc(OC)c(OC)cc3c2=O)cc1OC. The molecule has 0 fully saturated rings. The number of aryl methyl sites for hydroxylation is 1. The Balaban J connectivity index is 2.08. The molecule has 0 N–H and O–H groups in total. The number of ether oxygens (including phenoxy) is 4. The standard InChI is InChI=1S/C20H21N3O5/c1-12-22-15-10-19(28-5)18(27-4)9-14(15)20(24)23(12)21-11-13-6-7-16(25-2)17(8-13)26-3/h6-11H,1-5H3. The number of rotatable bonds is 6. The van der Waals surface area contributed by atoms with Crippen LogP contribution in [0.2, 0.25) is 0 Å². The Morgan fingerprint density at radius 1 is 0.893 bits per heavy atom. The van der Waals surface area contributed by atoms with E-state index in [1.165, 1.54) is 18.9 Å². The van der Waals surface area contributed by atoms with Crippen LogP contribution in [0, 0.1) is 6.92 Å². The highest BCUT2D eigenvalue weighted by atomic mass is 16.5. The summed E-state index contributed by atoms with van der Waals surface area (Å²) in [6, 6.07) is 8.63. The Hall–Kier alpha value is -3.55. The maximum atomic E-state index is 12.9. The molecule has 0 atom stereocenters. The van der Waals surface area contributed by atoms with Crippen molar-refractivity contribution in [2.75, 3.05) is 28.4 Å². The number of nitrogens with zero attached hydrogens (tertiary/aromatic N) is 3. The topological polar surface area (TPSA) is 84.2 Å². The summed E-state index contributed by atoms with van der Waals surface area (Å²) in [5.41, 5.74) is 0.953. The summed E-state index contributed by atoms with van der Waals surface area (Å²) in [6.45, 7) is 1.71. The summed E-state index contributed by atoms with van der Waals surface area (Å²) in [7, 11) is 6.17. The van der Waals surface area contributed by atoms with E-state index in [0.29, 0.717) is 39.7 Å². The van der Waals surface area contributed by atoms with E-state index in [1.807, 2.05) is 6.07 Å². The number of hydrogen-bond acceptors (Lipinski definition) is 7. The van der Waals surface area contributed by atoms with E-state index in [4.69, 9.17) is 18.9 Å². The highest BCUT2D eigenvalue weighted by Crippen LogP contribution is 2.30. The fourth-order valence-corrected chi connectivity index (χ4v) is 2.81. The lowest BCUT2D eigenvalue weighted by atomic mass is 10.2. The molecule has 3 aromatic rings. The Morgan fingerprint density at radius 2 is 1.50 bits per heavy atom. The van der Waals surface area contributed by atoms with E-state index in [9.17, 15) is 4.79 Å². The maximum Gasteiger partial charge on any atom is 0.282 e. The molecule has 1 aromatic heterocycles. The number of fused-ring (bicyclic) bond motifs is 1. The van der Waals surface area contributed by atoms with Gasteiger partial charge in [-0.05, 0) is 36.8 Å². The molecular weight excluding hydrogens is 362 g/mol. The largest absolute Gasteiger partial charge is 0.493 e. The summed E-state index contributed by atoms with van der Waals surface area (Å²) in [6.07, 6.45) is 1.56. The molecular formula is C20H21N3O5. The van der Waals surface area contributed by atoms with Crippen LogP contribution in [0.3, 0.4) is 0 Å². The Morgan fingerprint density at radius 3 is 2.14 bits per heavy atom. The van der Waals surface area contributed by atoms with Crippen molar-refractivity contribution in [3.63, 3.8) is 0 Å². The van der Waals surface area contributed by atoms with Crippen molar-refractivity contribution in [3.05, 3.63) is 52.1 Å². The molecule has 28 heavy (non-hydrogen) atoms. The zero-order valence-electron chi connectivity index (χ0n) is 16.3. The second-order valence-electron chi connectivity index (χ2n) is 5.86. The van der Waals surface area contributed by atoms with Gasteiger partial charge in [0.05, 0.1) is 45.6 Å². The maximum absolute atomic E-state index is 12.9. The summed E-state index contributed by atoms with van der Waals surface area (Å²) in [5, 5.41) is 4.69. The second-order valence-corrected chi connectivity index (χ2v) is 5.86. The lowest BCUT2D eigenvalue weighted by Crippen LogP contribution is -2.20. The summed E-state index contributed by atoms with van der Waals surface area (Å²) >= 11 is 0. The minimum Gasteiger partial charge on any atom is -0.493 e. The minimum absolute atomic E-state index is 0.305. The van der Waals surface area contributed by atoms with Crippen LogP contribution in [-0.2, 0) is 0 Å². The molecule has 8 nitrogen and oxygen atoms in total. The van der Waals surface area contributed by atoms with Gasteiger partial charge in [0.15, 0.2) is 23.0 Å². The zero-order chi connectivity index (χ0) is 20.3. The molecule has 146 valence electrons. The van der Waals surface area contributed by atoms with Crippen molar-refractivity contribution in [1.82, 2.24) is 9.66 Å². The lowest BCUT2D eigenvalue weighted by molar-refractivity contribution is 0.355. The molecule has 0 radical (unpaired) electrons. The van der Waals surface area contributed by atoms with Crippen molar-refractivity contribution in [3.8, 4) is 23.0 Å². The smallest absolute Gasteiger partial charge is 0.282 e. The third-order valence-electron chi connectivity index (χ3n) is 4.24. The van der Waals surface area contributed by atoms with Crippen LogP contribution in [0.15, 0.2) is 40.2 Å². The highest BCUT2D eigenvalue weighted by Gasteiger charge is 2.13. The molecule has 0 aliphatic carbocycles. The van der Waals surface area contributed by atoms with Gasteiger partial charge in [-0.2, -0.15) is 9.78 Å². The molecule has 2 aromatic carbocycles. The van der Waals surface area contributed by atoms with Gasteiger partial charge in [-0.3, -0.25) is 4.79 Å². The zero-order valence-corrected chi connectivity index (χ0v) is 16.3. The Kier molecular flexibility index (Phi) is 5.49. The second kappa shape index (κ2) is 7.99. The van der Waals surface area contributed by atoms with Crippen LogP contribution in [-0.4, -0.2) is 44.3 Å². The molecule has 0 unspecified atom stereocenters. The summed E-state index contributed by atoms with van der Waals surface area (Å²) < 4.78 is 22.3. The van der Waals surface area contributed by atoms with Crippen LogP contribution < -0.4 is 24.5 Å². The van der Waals surface area contributed by atoms with E-state index >= 15 is 0 Å². The monoisotopic (exact) mass is 383 g/mol. The number of methoxy groups -OCH3 is 4. The van der Waals surface area contributed by atoms with Crippen LogP contribution in [0.25, 0.3) is 10.9 Å². The first-order chi connectivity index (χ1) is 13.5. The first kappa shape index (κ1) is 19.2. The van der Waals surface area contributed by atoms with Crippen molar-refractivity contribution >= 4 is 17.1 Å². The fourth-order valence-electron chi connectivity index (χ4n) is 2.81. The van der Waals surface area contributed by atoms with Crippen molar-refractivity contribution in [1.29, 1.82) is 0 Å². The van der Waals surface area contributed by atoms with Crippen LogP contribution in [0.4, 0.5) is 0 Å². The van der Waals surface area contributed by atoms with Gasteiger partial charge in [-0.25, -0.2) is 4.98 Å². The number of aromatic nitrogens is 2. The Labute approximate surface area is 161 Å². The normalized spacial score (nSPS) is 11.0. The van der Waals surface area contributed by atoms with E-state index < -0.39 is 0 Å². The lowest BCUT2D eigenvalue weighted by Gasteiger charge is -2.10. The van der Waals surface area contributed by atoms with Gasteiger partial charge >= 0.3 is 0 Å². The van der Waals surface area contributed by atoms with Crippen LogP contribution >= 0.6 is 0 Å². The molecule has 0 aliphatic rings. The predicted molar refractivity (Wildman–Crippen MR) is 106 cm³/mol. The molecule has 0 aliphatic heterocycles. The third kappa shape index (κ3) is 3.48. The quantitative estimate of drug-likeness (QED) is 0.609. The summed E-state index contributed by atoms with van der Waals surface area (Å²) in [4.78, 5) is 17.4. The van der Waals surface area contributed by atoms with Gasteiger partial charge in [-0.1, -0.05) is 0 Å². The van der Waals surface area contributed by atoms with Gasteiger partial charge in [-0.15, -0.1) is 0 Å². The van der Waals surface area contributed by atoms with Crippen molar-refractivity contribution in [2.45, 2.75) is 6.92 Å². The van der Waals surface area contributed by atoms with Crippen LogP contribution in [0.1, 0.15) is 11.4 Å². The van der Waals surface area contributed by atoms with Gasteiger partial charge < -0.3 is 18.9 Å². The average Bonchev–Trinajstić information content (AvgIpc) is 2.72. The van der Waals surface area contributed by atoms with E-state index in [0.717, 1.165) is 5.56 Å². The molecule has 8 heteroatoms. The van der Waals surface area contributed by atoms with E-state index in [2.05, 4.69) is 10.1 Å². The van der Waals surface area contributed by atoms with Crippen LogP contribution in [0.5, 0.6) is 23.0 Å². The Bertz CT molecular complexity index is 1110. The molecule has 0 saturated heterocycles. The van der Waals surface area contributed by atoms with E-state index in [1.54, 1.807) is 51.6 Å². The van der Waals surface area contributed by atoms with Gasteiger partial charge in [0, 0.05) is 6.07 Å². The van der Waals surface area contributed by atoms with Gasteiger partial charge in [0.2, 0.25) is 0 Å². The minimum atomic E-state index is -0.305. The molecule has 0 spiro atoms. The average molecular weight is 383 g/mol. The first-order valence-corrected chi connectivity index (χ1v) is 8.44.